The number of likely N-dealkylation sites (tertiary alicyclic amines) is 1. The van der Waals surface area contributed by atoms with Gasteiger partial charge in [-0.1, -0.05) is 5.16 Å². The van der Waals surface area contributed by atoms with Gasteiger partial charge in [0.15, 0.2) is 0 Å². The van der Waals surface area contributed by atoms with E-state index in [2.05, 4.69) is 5.16 Å². The van der Waals surface area contributed by atoms with Gasteiger partial charge in [0.05, 0.1) is 12.8 Å². The number of hydrogen-bond acceptors (Lipinski definition) is 6. The van der Waals surface area contributed by atoms with E-state index >= 15 is 0 Å². The molecule has 1 rings (SSSR count). The average Bonchev–Trinajstić information content (AvgIpc) is 2.43. The Morgan fingerprint density at radius 1 is 1.36 bits per heavy atom. The van der Waals surface area contributed by atoms with Crippen LogP contribution in [0.1, 0.15) is 41.0 Å². The van der Waals surface area contributed by atoms with Crippen molar-refractivity contribution in [3.8, 4) is 0 Å². The minimum atomic E-state index is -1.03. The fourth-order valence-corrected chi connectivity index (χ4v) is 2.25. The van der Waals surface area contributed by atoms with Crippen LogP contribution in [0, 0.1) is 5.41 Å². The molecule has 0 saturated carbocycles. The lowest BCUT2D eigenvalue weighted by atomic mass is 9.80. The first-order valence-corrected chi connectivity index (χ1v) is 7.39. The van der Waals surface area contributed by atoms with Crippen molar-refractivity contribution in [2.75, 3.05) is 26.8 Å². The van der Waals surface area contributed by atoms with Crippen LogP contribution in [0.2, 0.25) is 0 Å². The molecule has 1 unspecified atom stereocenters. The number of carbonyl (C=O) groups excluding carboxylic acids is 2. The highest BCUT2D eigenvalue weighted by atomic mass is 16.6. The lowest BCUT2D eigenvalue weighted by Gasteiger charge is -2.39. The van der Waals surface area contributed by atoms with Gasteiger partial charge in [-0.3, -0.25) is 4.79 Å². The Labute approximate surface area is 131 Å². The predicted octanol–water partition coefficient (Wildman–Crippen LogP) is 2.20. The van der Waals surface area contributed by atoms with Gasteiger partial charge in [-0.15, -0.1) is 0 Å². The average molecular weight is 314 g/mol. The molecule has 1 saturated heterocycles. The summed E-state index contributed by atoms with van der Waals surface area (Å²) in [7, 11) is 1.32. The number of esters is 1. The maximum absolute atomic E-state index is 12.2. The Kier molecular flexibility index (Phi) is 5.79. The third kappa shape index (κ3) is 4.35. The smallest absolute Gasteiger partial charge is 0.410 e. The Hall–Kier alpha value is -1.79. The van der Waals surface area contributed by atoms with Gasteiger partial charge < -0.3 is 19.2 Å². The Morgan fingerprint density at radius 3 is 2.50 bits per heavy atom. The Morgan fingerprint density at radius 2 is 2.00 bits per heavy atom. The number of oxime groups is 1. The SMILES string of the molecule is CCO/N=C1\CCN(C(=O)OC(C)(C)C)CC1(C)C(=O)OC. The Balaban J connectivity index is 2.96. The quantitative estimate of drug-likeness (QED) is 0.589. The molecule has 7 heteroatoms. The van der Waals surface area contributed by atoms with E-state index in [0.29, 0.717) is 25.3 Å². The van der Waals surface area contributed by atoms with Crippen LogP contribution in [0.3, 0.4) is 0 Å². The van der Waals surface area contributed by atoms with Crippen LogP contribution < -0.4 is 0 Å². The summed E-state index contributed by atoms with van der Waals surface area (Å²) in [5.74, 6) is -0.445. The molecule has 1 aliphatic heterocycles. The predicted molar refractivity (Wildman–Crippen MR) is 81.6 cm³/mol. The number of rotatable bonds is 3. The van der Waals surface area contributed by atoms with E-state index in [1.165, 1.54) is 12.0 Å². The zero-order valence-electron chi connectivity index (χ0n) is 14.3. The molecule has 0 bridgehead atoms. The summed E-state index contributed by atoms with van der Waals surface area (Å²) in [4.78, 5) is 31.0. The standard InChI is InChI=1S/C15H26N2O5/c1-7-21-16-11-8-9-17(13(19)22-14(2,3)4)10-15(11,5)12(18)20-6/h7-10H2,1-6H3/b16-11+. The van der Waals surface area contributed by atoms with Gasteiger partial charge in [0.2, 0.25) is 0 Å². The fourth-order valence-electron chi connectivity index (χ4n) is 2.25. The molecule has 22 heavy (non-hydrogen) atoms. The van der Waals surface area contributed by atoms with Crippen molar-refractivity contribution in [2.24, 2.45) is 10.6 Å². The highest BCUT2D eigenvalue weighted by Gasteiger charge is 2.46. The molecule has 0 aliphatic carbocycles. The molecule has 0 radical (unpaired) electrons. The molecule has 0 N–H and O–H groups in total. The summed E-state index contributed by atoms with van der Waals surface area (Å²) < 4.78 is 10.2. The van der Waals surface area contributed by atoms with Crippen LogP contribution in [0.25, 0.3) is 0 Å². The van der Waals surface area contributed by atoms with Crippen molar-refractivity contribution in [3.63, 3.8) is 0 Å². The molecule has 1 heterocycles. The summed E-state index contributed by atoms with van der Waals surface area (Å²) >= 11 is 0. The number of piperidine rings is 1. The molecular formula is C15H26N2O5. The van der Waals surface area contributed by atoms with Crippen molar-refractivity contribution in [1.29, 1.82) is 0 Å². The van der Waals surface area contributed by atoms with Crippen LogP contribution in [0.15, 0.2) is 5.16 Å². The van der Waals surface area contributed by atoms with Crippen molar-refractivity contribution in [1.82, 2.24) is 4.90 Å². The minimum Gasteiger partial charge on any atom is -0.468 e. The zero-order valence-corrected chi connectivity index (χ0v) is 14.3. The van der Waals surface area contributed by atoms with Crippen molar-refractivity contribution < 1.29 is 23.9 Å². The molecule has 0 spiro atoms. The van der Waals surface area contributed by atoms with Gasteiger partial charge in [-0.25, -0.2) is 4.79 Å². The third-order valence-electron chi connectivity index (χ3n) is 3.35. The monoisotopic (exact) mass is 314 g/mol. The van der Waals surface area contributed by atoms with E-state index in [-0.39, 0.29) is 6.54 Å². The second-order valence-corrected chi connectivity index (χ2v) is 6.43. The first-order valence-electron chi connectivity index (χ1n) is 7.39. The van der Waals surface area contributed by atoms with E-state index < -0.39 is 23.1 Å². The summed E-state index contributed by atoms with van der Waals surface area (Å²) in [6, 6.07) is 0. The topological polar surface area (TPSA) is 77.4 Å². The molecule has 1 fully saturated rings. The molecule has 0 aromatic heterocycles. The van der Waals surface area contributed by atoms with Crippen molar-refractivity contribution >= 4 is 17.8 Å². The largest absolute Gasteiger partial charge is 0.468 e. The Bertz CT molecular complexity index is 455. The normalized spacial score (nSPS) is 24.1. The van der Waals surface area contributed by atoms with Gasteiger partial charge in [0, 0.05) is 19.5 Å². The molecule has 126 valence electrons. The number of carbonyl (C=O) groups is 2. The van der Waals surface area contributed by atoms with E-state index in [9.17, 15) is 9.59 Å². The zero-order chi connectivity index (χ0) is 17.0. The second kappa shape index (κ2) is 6.98. The number of ether oxygens (including phenoxy) is 2. The van der Waals surface area contributed by atoms with Crippen LogP contribution in [-0.4, -0.2) is 55.1 Å². The highest BCUT2D eigenvalue weighted by molar-refractivity contribution is 6.07. The van der Waals surface area contributed by atoms with Gasteiger partial charge in [-0.05, 0) is 34.6 Å². The molecule has 1 aliphatic rings. The maximum Gasteiger partial charge on any atom is 0.410 e. The van der Waals surface area contributed by atoms with Gasteiger partial charge in [-0.2, -0.15) is 0 Å². The lowest BCUT2D eigenvalue weighted by molar-refractivity contribution is -0.149. The summed E-state index contributed by atoms with van der Waals surface area (Å²) in [5, 5.41) is 4.03. The van der Waals surface area contributed by atoms with Crippen LogP contribution in [0.4, 0.5) is 4.79 Å². The first-order chi connectivity index (χ1) is 10.1. The first kappa shape index (κ1) is 18.3. The summed E-state index contributed by atoms with van der Waals surface area (Å²) in [6.07, 6.45) is -0.0109. The number of nitrogens with zero attached hydrogens (tertiary/aromatic N) is 2. The van der Waals surface area contributed by atoms with E-state index in [1.807, 2.05) is 6.92 Å². The molecule has 0 aromatic rings. The van der Waals surface area contributed by atoms with Gasteiger partial charge >= 0.3 is 12.1 Å². The molecule has 1 amide bonds. The second-order valence-electron chi connectivity index (χ2n) is 6.43. The van der Waals surface area contributed by atoms with Crippen molar-refractivity contribution in [2.45, 2.75) is 46.6 Å². The van der Waals surface area contributed by atoms with Crippen LogP contribution in [-0.2, 0) is 19.1 Å². The molecule has 7 nitrogen and oxygen atoms in total. The van der Waals surface area contributed by atoms with E-state index in [1.54, 1.807) is 27.7 Å². The summed E-state index contributed by atoms with van der Waals surface area (Å²) in [6.45, 7) is 9.91. The van der Waals surface area contributed by atoms with Crippen LogP contribution in [0.5, 0.6) is 0 Å². The minimum absolute atomic E-state index is 0.153. The van der Waals surface area contributed by atoms with E-state index in [0.717, 1.165) is 0 Å². The molecule has 1 atom stereocenters. The molecule has 0 aromatic carbocycles. The maximum atomic E-state index is 12.2. The van der Waals surface area contributed by atoms with Crippen LogP contribution >= 0.6 is 0 Å². The van der Waals surface area contributed by atoms with Crippen molar-refractivity contribution in [3.05, 3.63) is 0 Å². The number of hydrogen-bond donors (Lipinski definition) is 0. The summed E-state index contributed by atoms with van der Waals surface area (Å²) in [5.41, 5.74) is -1.03. The van der Waals surface area contributed by atoms with Gasteiger partial charge in [0.25, 0.3) is 0 Å². The molecular weight excluding hydrogens is 288 g/mol. The lowest BCUT2D eigenvalue weighted by Crippen LogP contribution is -2.55. The third-order valence-corrected chi connectivity index (χ3v) is 3.35. The highest BCUT2D eigenvalue weighted by Crippen LogP contribution is 2.30. The van der Waals surface area contributed by atoms with E-state index in [4.69, 9.17) is 14.3 Å². The number of amides is 1. The fraction of sp³-hybridized carbons (Fsp3) is 0.800. The van der Waals surface area contributed by atoms with Gasteiger partial charge in [0.1, 0.15) is 17.6 Å². The number of methoxy groups -OCH3 is 1.